The first-order valence-corrected chi connectivity index (χ1v) is 16.7. The Kier molecular flexibility index (Phi) is 5.05. The van der Waals surface area contributed by atoms with Gasteiger partial charge in [-0.15, -0.1) is 0 Å². The molecule has 5 nitrogen and oxygen atoms in total. The average molecular weight is 584 g/mol. The number of pyridine rings is 2. The summed E-state index contributed by atoms with van der Waals surface area (Å²) in [5.41, 5.74) is 2.95. The maximum atomic E-state index is 5.14. The molecular formula is C32H20N5PSe. The molecule has 184 valence electrons. The van der Waals surface area contributed by atoms with Gasteiger partial charge in [0.2, 0.25) is 0 Å². The van der Waals surface area contributed by atoms with Crippen LogP contribution in [0.2, 0.25) is 0 Å². The molecule has 0 radical (unpaired) electrons. The monoisotopic (exact) mass is 585 g/mol. The quantitative estimate of drug-likeness (QED) is 0.156. The fourth-order valence-electron chi connectivity index (χ4n) is 5.65. The fourth-order valence-corrected chi connectivity index (χ4v) is 10.4. The second-order valence-corrected chi connectivity index (χ2v) is 15.8. The number of fused-ring (bicyclic) bond motifs is 9. The molecule has 39 heavy (non-hydrogen) atoms. The molecule has 0 N–H and O–H groups in total. The van der Waals surface area contributed by atoms with Gasteiger partial charge in [-0.05, 0) is 0 Å². The van der Waals surface area contributed by atoms with Gasteiger partial charge in [0.05, 0.1) is 0 Å². The van der Waals surface area contributed by atoms with Crippen LogP contribution in [-0.4, -0.2) is 39.4 Å². The molecule has 0 aliphatic carbocycles. The molecule has 7 heteroatoms. The first-order valence-electron chi connectivity index (χ1n) is 12.6. The van der Waals surface area contributed by atoms with Gasteiger partial charge in [0.15, 0.2) is 0 Å². The summed E-state index contributed by atoms with van der Waals surface area (Å²) in [6, 6.07) is 34.5. The van der Waals surface area contributed by atoms with Gasteiger partial charge in [0.25, 0.3) is 0 Å². The van der Waals surface area contributed by atoms with Crippen molar-refractivity contribution < 1.29 is 0 Å². The van der Waals surface area contributed by atoms with Crippen molar-refractivity contribution in [2.24, 2.45) is 0 Å². The number of para-hydroxylation sites is 1. The SMILES string of the molecule is [Se]=P(c1cccnc1)(c1ccc2ncncc2c1)c1ccc2nc3c4ccccc4c4ccccc4n3c2c1. The molecule has 0 aliphatic rings. The molecule has 0 spiro atoms. The summed E-state index contributed by atoms with van der Waals surface area (Å²) in [5.74, 6) is 0. The molecule has 4 aromatic heterocycles. The van der Waals surface area contributed by atoms with Crippen LogP contribution >= 0.6 is 5.51 Å². The second-order valence-electron chi connectivity index (χ2n) is 9.59. The molecule has 1 atom stereocenters. The second kappa shape index (κ2) is 8.65. The predicted molar refractivity (Wildman–Crippen MR) is 163 cm³/mol. The summed E-state index contributed by atoms with van der Waals surface area (Å²) in [6.07, 6.45) is 7.28. The zero-order valence-electron chi connectivity index (χ0n) is 20.6. The van der Waals surface area contributed by atoms with E-state index < -0.39 is 5.51 Å². The van der Waals surface area contributed by atoms with E-state index in [4.69, 9.17) is 4.98 Å². The van der Waals surface area contributed by atoms with Gasteiger partial charge in [0.1, 0.15) is 0 Å². The molecule has 4 aromatic carbocycles. The van der Waals surface area contributed by atoms with Gasteiger partial charge >= 0.3 is 232 Å². The third kappa shape index (κ3) is 3.36. The molecule has 1 unspecified atom stereocenters. The molecule has 0 saturated heterocycles. The average Bonchev–Trinajstić information content (AvgIpc) is 3.40. The third-order valence-electron chi connectivity index (χ3n) is 7.47. The number of hydrogen-bond acceptors (Lipinski definition) is 4. The summed E-state index contributed by atoms with van der Waals surface area (Å²) in [4.78, 5) is 18.4. The van der Waals surface area contributed by atoms with E-state index in [0.717, 1.165) is 38.5 Å². The number of nitrogens with zero attached hydrogens (tertiary/aromatic N) is 5. The fraction of sp³-hybridized carbons (Fsp3) is 0. The van der Waals surface area contributed by atoms with Crippen LogP contribution < -0.4 is 15.9 Å². The van der Waals surface area contributed by atoms with Gasteiger partial charge in [-0.3, -0.25) is 0 Å². The number of benzene rings is 4. The van der Waals surface area contributed by atoms with Crippen molar-refractivity contribution in [1.29, 1.82) is 0 Å². The standard InChI is InChI=1S/C32H20N5PSe/c39-38(24-6-5-15-33-19-24,22-11-13-28-21(16-22)18-34-20-35-28)23-12-14-29-31(17-23)37-30-10-4-3-8-26(30)25-7-1-2-9-27(25)32(37)36-29/h1-20H. The normalized spacial score (nSPS) is 13.4. The molecular weight excluding hydrogens is 564 g/mol. The Hall–Kier alpha value is -4.21. The molecule has 4 heterocycles. The van der Waals surface area contributed by atoms with Crippen LogP contribution in [0.15, 0.2) is 122 Å². The van der Waals surface area contributed by atoms with E-state index in [9.17, 15) is 0 Å². The van der Waals surface area contributed by atoms with E-state index in [1.165, 1.54) is 26.7 Å². The number of imidazole rings is 1. The molecule has 0 saturated carbocycles. The van der Waals surface area contributed by atoms with E-state index in [1.54, 1.807) is 6.33 Å². The van der Waals surface area contributed by atoms with Crippen molar-refractivity contribution >= 4 is 85.8 Å². The van der Waals surface area contributed by atoms with Crippen molar-refractivity contribution in [3.8, 4) is 0 Å². The van der Waals surface area contributed by atoms with Crippen LogP contribution in [0.3, 0.4) is 0 Å². The topological polar surface area (TPSA) is 56.0 Å². The van der Waals surface area contributed by atoms with Crippen LogP contribution in [0.25, 0.3) is 49.3 Å². The van der Waals surface area contributed by atoms with Gasteiger partial charge in [0, 0.05) is 0 Å². The Labute approximate surface area is 231 Å². The van der Waals surface area contributed by atoms with Crippen molar-refractivity contribution in [1.82, 2.24) is 24.3 Å². The van der Waals surface area contributed by atoms with E-state index in [2.05, 4.69) is 125 Å². The van der Waals surface area contributed by atoms with E-state index in [0.29, 0.717) is 0 Å². The molecule has 0 bridgehead atoms. The van der Waals surface area contributed by atoms with Crippen LogP contribution in [0.5, 0.6) is 0 Å². The number of hydrogen-bond donors (Lipinski definition) is 0. The Morgan fingerprint density at radius 2 is 1.38 bits per heavy atom. The summed E-state index contributed by atoms with van der Waals surface area (Å²) < 4.78 is 2.32. The first-order chi connectivity index (χ1) is 19.2. The third-order valence-corrected chi connectivity index (χ3v) is 14.4. The van der Waals surface area contributed by atoms with Crippen molar-refractivity contribution in [3.05, 3.63) is 122 Å². The van der Waals surface area contributed by atoms with Gasteiger partial charge in [-0.1, -0.05) is 0 Å². The summed E-state index contributed by atoms with van der Waals surface area (Å²) in [6.45, 7) is 0. The van der Waals surface area contributed by atoms with Crippen LogP contribution in [0, 0.1) is 0 Å². The zero-order valence-corrected chi connectivity index (χ0v) is 23.2. The summed E-state index contributed by atoms with van der Waals surface area (Å²) in [5, 5.41) is 8.21. The van der Waals surface area contributed by atoms with E-state index >= 15 is 0 Å². The molecule has 0 aliphatic heterocycles. The van der Waals surface area contributed by atoms with Gasteiger partial charge < -0.3 is 0 Å². The maximum absolute atomic E-state index is 5.14. The minimum absolute atomic E-state index is 0.932. The summed E-state index contributed by atoms with van der Waals surface area (Å²) >= 11 is 3.68. The first kappa shape index (κ1) is 22.7. The molecule has 0 fully saturated rings. The molecule has 0 amide bonds. The molecule has 8 aromatic rings. The Bertz CT molecular complexity index is 2280. The van der Waals surface area contributed by atoms with E-state index in [-0.39, 0.29) is 0 Å². The van der Waals surface area contributed by atoms with Gasteiger partial charge in [-0.25, -0.2) is 0 Å². The Morgan fingerprint density at radius 3 is 2.23 bits per heavy atom. The number of rotatable bonds is 3. The minimum atomic E-state index is -2.18. The Balaban J connectivity index is 1.48. The van der Waals surface area contributed by atoms with Gasteiger partial charge in [-0.2, -0.15) is 0 Å². The van der Waals surface area contributed by atoms with Crippen molar-refractivity contribution in [2.45, 2.75) is 0 Å². The zero-order chi connectivity index (χ0) is 26.0. The predicted octanol–water partition coefficient (Wildman–Crippen LogP) is 5.51. The van der Waals surface area contributed by atoms with Crippen LogP contribution in [0.4, 0.5) is 0 Å². The number of aromatic nitrogens is 5. The van der Waals surface area contributed by atoms with Crippen LogP contribution in [-0.2, 0) is 0 Å². The Morgan fingerprint density at radius 1 is 0.615 bits per heavy atom. The van der Waals surface area contributed by atoms with Crippen molar-refractivity contribution in [3.63, 3.8) is 0 Å². The van der Waals surface area contributed by atoms with Crippen molar-refractivity contribution in [2.75, 3.05) is 0 Å². The van der Waals surface area contributed by atoms with Crippen LogP contribution in [0.1, 0.15) is 0 Å². The van der Waals surface area contributed by atoms with E-state index in [1.807, 2.05) is 24.7 Å². The molecule has 8 rings (SSSR count). The summed E-state index contributed by atoms with van der Waals surface area (Å²) in [7, 11) is 0.